The number of ether oxygens (including phenoxy) is 1. The van der Waals surface area contributed by atoms with Gasteiger partial charge in [-0.1, -0.05) is 30.2 Å². The van der Waals surface area contributed by atoms with Gasteiger partial charge in [0.1, 0.15) is 11.2 Å². The highest BCUT2D eigenvalue weighted by Crippen LogP contribution is 2.32. The molecule has 1 aromatic carbocycles. The Morgan fingerprint density at radius 1 is 1.36 bits per heavy atom. The molecule has 0 radical (unpaired) electrons. The average Bonchev–Trinajstić information content (AvgIpc) is 2.68. The lowest BCUT2D eigenvalue weighted by Gasteiger charge is -2.36. The number of carbonyl (C=O) groups is 2. The van der Waals surface area contributed by atoms with Gasteiger partial charge in [-0.2, -0.15) is 0 Å². The van der Waals surface area contributed by atoms with E-state index in [1.807, 2.05) is 18.2 Å². The molecule has 6 nitrogen and oxygen atoms in total. The van der Waals surface area contributed by atoms with Crippen LogP contribution in [0.25, 0.3) is 0 Å². The summed E-state index contributed by atoms with van der Waals surface area (Å²) in [5.41, 5.74) is 7.18. The third-order valence-electron chi connectivity index (χ3n) is 4.87. The van der Waals surface area contributed by atoms with Crippen LogP contribution >= 0.6 is 0 Å². The molecule has 1 aromatic heterocycles. The second kappa shape index (κ2) is 7.83. The van der Waals surface area contributed by atoms with E-state index in [1.54, 1.807) is 19.9 Å². The first kappa shape index (κ1) is 19.6. The van der Waals surface area contributed by atoms with Crippen molar-refractivity contribution in [1.29, 1.82) is 0 Å². The van der Waals surface area contributed by atoms with Crippen LogP contribution < -0.4 is 10.6 Å². The summed E-state index contributed by atoms with van der Waals surface area (Å²) in [5.74, 6) is 1.78. The number of nitrogens with zero attached hydrogens (tertiary/aromatic N) is 2. The number of pyridine rings is 1. The molecule has 2 aromatic rings. The SMILES string of the molecule is C#CC(C)(C)N(C(=O)CC1OCCc2ccccc21)c1ccnc(C(N)=O)c1. The van der Waals surface area contributed by atoms with Crippen LogP contribution in [0, 0.1) is 12.3 Å². The topological polar surface area (TPSA) is 85.5 Å². The van der Waals surface area contributed by atoms with E-state index in [9.17, 15) is 9.59 Å². The van der Waals surface area contributed by atoms with Crippen molar-refractivity contribution in [1.82, 2.24) is 4.98 Å². The maximum Gasteiger partial charge on any atom is 0.267 e. The molecule has 0 bridgehead atoms. The van der Waals surface area contributed by atoms with E-state index in [1.165, 1.54) is 22.7 Å². The molecule has 2 amide bonds. The predicted octanol–water partition coefficient (Wildman–Crippen LogP) is 2.63. The molecule has 3 rings (SSSR count). The normalized spacial score (nSPS) is 16.0. The van der Waals surface area contributed by atoms with Crippen LogP contribution in [0.2, 0.25) is 0 Å². The number of benzene rings is 1. The van der Waals surface area contributed by atoms with Crippen molar-refractivity contribution in [2.45, 2.75) is 38.3 Å². The molecule has 0 saturated heterocycles. The second-order valence-electron chi connectivity index (χ2n) is 7.21. The summed E-state index contributed by atoms with van der Waals surface area (Å²) in [6.07, 6.45) is 7.77. The number of carbonyl (C=O) groups excluding carboxylic acids is 2. The number of aromatic nitrogens is 1. The summed E-state index contributed by atoms with van der Waals surface area (Å²) in [5, 5.41) is 0. The molecule has 6 heteroatoms. The Morgan fingerprint density at radius 2 is 2.11 bits per heavy atom. The zero-order valence-corrected chi connectivity index (χ0v) is 16.0. The smallest absolute Gasteiger partial charge is 0.267 e. The Kier molecular flexibility index (Phi) is 5.48. The summed E-state index contributed by atoms with van der Waals surface area (Å²) >= 11 is 0. The van der Waals surface area contributed by atoms with Gasteiger partial charge in [-0.15, -0.1) is 6.42 Å². The van der Waals surface area contributed by atoms with Gasteiger partial charge in [0.15, 0.2) is 0 Å². The summed E-state index contributed by atoms with van der Waals surface area (Å²) in [4.78, 5) is 30.3. The average molecular weight is 377 g/mol. The number of hydrogen-bond donors (Lipinski definition) is 1. The van der Waals surface area contributed by atoms with Gasteiger partial charge in [-0.05, 0) is 43.5 Å². The molecule has 1 unspecified atom stereocenters. The quantitative estimate of drug-likeness (QED) is 0.812. The third kappa shape index (κ3) is 3.90. The van der Waals surface area contributed by atoms with E-state index >= 15 is 0 Å². The zero-order chi connectivity index (χ0) is 20.3. The molecule has 28 heavy (non-hydrogen) atoms. The lowest BCUT2D eigenvalue weighted by atomic mass is 9.94. The van der Waals surface area contributed by atoms with E-state index in [2.05, 4.69) is 17.0 Å². The summed E-state index contributed by atoms with van der Waals surface area (Å²) in [7, 11) is 0. The molecule has 2 heterocycles. The fraction of sp³-hybridized carbons (Fsp3) is 0.318. The molecule has 1 atom stereocenters. The first-order valence-corrected chi connectivity index (χ1v) is 9.09. The van der Waals surface area contributed by atoms with E-state index in [4.69, 9.17) is 16.9 Å². The summed E-state index contributed by atoms with van der Waals surface area (Å²) < 4.78 is 5.88. The number of fused-ring (bicyclic) bond motifs is 1. The summed E-state index contributed by atoms with van der Waals surface area (Å²) in [6.45, 7) is 4.10. The van der Waals surface area contributed by atoms with Crippen LogP contribution in [0.4, 0.5) is 5.69 Å². The van der Waals surface area contributed by atoms with Gasteiger partial charge in [-0.3, -0.25) is 19.5 Å². The highest BCUT2D eigenvalue weighted by atomic mass is 16.5. The first-order chi connectivity index (χ1) is 13.3. The van der Waals surface area contributed by atoms with Gasteiger partial charge in [-0.25, -0.2) is 0 Å². The maximum atomic E-state index is 13.3. The van der Waals surface area contributed by atoms with E-state index in [0.29, 0.717) is 12.3 Å². The highest BCUT2D eigenvalue weighted by molar-refractivity contribution is 5.98. The minimum atomic E-state index is -0.915. The Morgan fingerprint density at radius 3 is 2.82 bits per heavy atom. The molecule has 0 fully saturated rings. The molecule has 0 saturated carbocycles. The monoisotopic (exact) mass is 377 g/mol. The molecule has 0 aliphatic carbocycles. The molecule has 2 N–H and O–H groups in total. The Hall–Kier alpha value is -3.17. The number of nitrogens with two attached hydrogens (primary N) is 1. The number of amides is 2. The number of rotatable bonds is 5. The van der Waals surface area contributed by atoms with E-state index in [-0.39, 0.29) is 24.1 Å². The number of primary amides is 1. The lowest BCUT2D eigenvalue weighted by Crippen LogP contribution is -2.48. The predicted molar refractivity (Wildman–Crippen MR) is 107 cm³/mol. The Bertz CT molecular complexity index is 946. The van der Waals surface area contributed by atoms with Gasteiger partial charge in [0.2, 0.25) is 5.91 Å². The van der Waals surface area contributed by atoms with Gasteiger partial charge < -0.3 is 10.5 Å². The number of terminal acetylenes is 1. The van der Waals surface area contributed by atoms with Crippen molar-refractivity contribution in [3.8, 4) is 12.3 Å². The molecular weight excluding hydrogens is 354 g/mol. The first-order valence-electron chi connectivity index (χ1n) is 9.09. The van der Waals surface area contributed by atoms with Gasteiger partial charge in [0.05, 0.1) is 19.1 Å². The molecule has 0 spiro atoms. The van der Waals surface area contributed by atoms with Crippen molar-refractivity contribution in [3.63, 3.8) is 0 Å². The number of hydrogen-bond acceptors (Lipinski definition) is 4. The Balaban J connectivity index is 1.94. The minimum absolute atomic E-state index is 0.0717. The van der Waals surface area contributed by atoms with Crippen molar-refractivity contribution in [2.24, 2.45) is 5.73 Å². The van der Waals surface area contributed by atoms with Crippen molar-refractivity contribution >= 4 is 17.5 Å². The third-order valence-corrected chi connectivity index (χ3v) is 4.87. The van der Waals surface area contributed by atoms with Crippen LogP contribution in [0.1, 0.15) is 48.0 Å². The van der Waals surface area contributed by atoms with Crippen LogP contribution in [-0.4, -0.2) is 28.9 Å². The fourth-order valence-electron chi connectivity index (χ4n) is 3.43. The molecule has 1 aliphatic rings. The van der Waals surface area contributed by atoms with Crippen LogP contribution in [0.15, 0.2) is 42.6 Å². The molecular formula is C22H23N3O3. The van der Waals surface area contributed by atoms with Crippen LogP contribution in [0.3, 0.4) is 0 Å². The standard InChI is InChI=1S/C22H23N3O3/c1-4-22(2,3)25(16-9-11-24-18(13-16)21(23)27)20(26)14-19-17-8-6-5-7-15(17)10-12-28-19/h1,5-9,11,13,19H,10,12,14H2,2-3H3,(H2,23,27). The Labute approximate surface area is 164 Å². The fourth-order valence-corrected chi connectivity index (χ4v) is 3.43. The van der Waals surface area contributed by atoms with E-state index in [0.717, 1.165) is 12.0 Å². The van der Waals surface area contributed by atoms with Crippen molar-refractivity contribution in [3.05, 3.63) is 59.4 Å². The van der Waals surface area contributed by atoms with Gasteiger partial charge in [0.25, 0.3) is 5.91 Å². The maximum absolute atomic E-state index is 13.3. The minimum Gasteiger partial charge on any atom is -0.373 e. The van der Waals surface area contributed by atoms with Crippen molar-refractivity contribution in [2.75, 3.05) is 11.5 Å². The van der Waals surface area contributed by atoms with Gasteiger partial charge in [0, 0.05) is 11.9 Å². The molecule has 1 aliphatic heterocycles. The van der Waals surface area contributed by atoms with Gasteiger partial charge >= 0.3 is 0 Å². The zero-order valence-electron chi connectivity index (χ0n) is 16.0. The van der Waals surface area contributed by atoms with Crippen LogP contribution in [-0.2, 0) is 16.0 Å². The molecule has 144 valence electrons. The largest absolute Gasteiger partial charge is 0.373 e. The second-order valence-corrected chi connectivity index (χ2v) is 7.21. The van der Waals surface area contributed by atoms with Crippen LogP contribution in [0.5, 0.6) is 0 Å². The van der Waals surface area contributed by atoms with Crippen molar-refractivity contribution < 1.29 is 14.3 Å². The lowest BCUT2D eigenvalue weighted by molar-refractivity contribution is -0.122. The summed E-state index contributed by atoms with van der Waals surface area (Å²) in [6, 6.07) is 11.1. The number of anilines is 1. The highest BCUT2D eigenvalue weighted by Gasteiger charge is 2.34. The van der Waals surface area contributed by atoms with E-state index < -0.39 is 11.4 Å².